The normalized spacial score (nSPS) is 55.7. The fourth-order valence-electron chi connectivity index (χ4n) is 5.23. The van der Waals surface area contributed by atoms with Gasteiger partial charge in [0.2, 0.25) is 5.79 Å². The lowest BCUT2D eigenvalue weighted by atomic mass is 9.53. The molecular weight excluding hydrogens is 240 g/mol. The van der Waals surface area contributed by atoms with E-state index in [1.807, 2.05) is 6.92 Å². The third kappa shape index (κ3) is 1.68. The van der Waals surface area contributed by atoms with Gasteiger partial charge in [-0.15, -0.1) is 0 Å². The van der Waals surface area contributed by atoms with E-state index in [0.717, 1.165) is 17.4 Å². The number of hydrogen-bond acceptors (Lipinski definition) is 3. The second-order valence-corrected chi connectivity index (χ2v) is 7.30. The molecule has 19 heavy (non-hydrogen) atoms. The first-order valence-electron chi connectivity index (χ1n) is 7.76. The van der Waals surface area contributed by atoms with Crippen molar-refractivity contribution in [2.24, 2.45) is 23.7 Å². The summed E-state index contributed by atoms with van der Waals surface area (Å²) in [6, 6.07) is 0. The first-order chi connectivity index (χ1) is 9.08. The van der Waals surface area contributed by atoms with Gasteiger partial charge in [0.15, 0.2) is 0 Å². The second-order valence-electron chi connectivity index (χ2n) is 7.30. The minimum absolute atomic E-state index is 0.0452. The van der Waals surface area contributed by atoms with Crippen molar-refractivity contribution in [1.29, 1.82) is 0 Å². The van der Waals surface area contributed by atoms with E-state index in [2.05, 4.69) is 13.5 Å². The molecule has 0 amide bonds. The van der Waals surface area contributed by atoms with Crippen molar-refractivity contribution in [1.82, 2.24) is 0 Å². The molecule has 5 fully saturated rings. The van der Waals surface area contributed by atoms with E-state index in [-0.39, 0.29) is 12.2 Å². The Morgan fingerprint density at radius 2 is 1.63 bits per heavy atom. The minimum Gasteiger partial charge on any atom is -0.341 e. The molecule has 1 aliphatic heterocycles. The van der Waals surface area contributed by atoms with Crippen LogP contribution in [0.2, 0.25) is 0 Å². The van der Waals surface area contributed by atoms with Crippen LogP contribution >= 0.6 is 0 Å². The summed E-state index contributed by atoms with van der Waals surface area (Å²) in [5.74, 6) is 2.46. The van der Waals surface area contributed by atoms with E-state index in [0.29, 0.717) is 11.8 Å². The molecule has 4 saturated carbocycles. The second kappa shape index (κ2) is 4.06. The van der Waals surface area contributed by atoms with Gasteiger partial charge in [0.05, 0.1) is 6.10 Å². The predicted octanol–water partition coefficient (Wildman–Crippen LogP) is 3.45. The summed E-state index contributed by atoms with van der Waals surface area (Å²) in [7, 11) is 0. The fraction of sp³-hybridized carbons (Fsp3) is 0.875. The van der Waals surface area contributed by atoms with Crippen LogP contribution in [0.1, 0.15) is 46.0 Å². The third-order valence-corrected chi connectivity index (χ3v) is 5.84. The van der Waals surface area contributed by atoms with E-state index in [1.165, 1.54) is 32.1 Å². The number of ether oxygens (including phenoxy) is 1. The molecule has 3 heteroatoms. The summed E-state index contributed by atoms with van der Waals surface area (Å²) in [6.45, 7) is 8.04. The largest absolute Gasteiger partial charge is 0.341 e. The zero-order chi connectivity index (χ0) is 13.2. The molecule has 1 spiro atoms. The van der Waals surface area contributed by atoms with Gasteiger partial charge in [0.25, 0.3) is 0 Å². The highest BCUT2D eigenvalue weighted by Crippen LogP contribution is 2.61. The lowest BCUT2D eigenvalue weighted by Crippen LogP contribution is -2.64. The van der Waals surface area contributed by atoms with Gasteiger partial charge in [-0.05, 0) is 63.4 Å². The number of rotatable bonds is 1. The molecule has 5 aliphatic rings. The van der Waals surface area contributed by atoms with Gasteiger partial charge in [0, 0.05) is 11.8 Å². The molecule has 0 radical (unpaired) electrons. The molecule has 0 aromatic rings. The van der Waals surface area contributed by atoms with Gasteiger partial charge in [-0.25, -0.2) is 4.89 Å². The quantitative estimate of drug-likeness (QED) is 0.536. The maximum atomic E-state index is 6.42. The van der Waals surface area contributed by atoms with E-state index < -0.39 is 5.79 Å². The van der Waals surface area contributed by atoms with Crippen LogP contribution in [0.3, 0.4) is 0 Å². The highest BCUT2D eigenvalue weighted by atomic mass is 17.2. The number of hydrogen-bond donors (Lipinski definition) is 0. The molecule has 1 heterocycles. The average molecular weight is 264 g/mol. The van der Waals surface area contributed by atoms with E-state index >= 15 is 0 Å². The van der Waals surface area contributed by atoms with E-state index in [4.69, 9.17) is 14.5 Å². The Balaban J connectivity index is 1.60. The molecule has 0 aromatic heterocycles. The van der Waals surface area contributed by atoms with Crippen LogP contribution in [0.5, 0.6) is 0 Å². The van der Waals surface area contributed by atoms with Gasteiger partial charge < -0.3 is 4.74 Å². The molecule has 2 atom stereocenters. The monoisotopic (exact) mass is 264 g/mol. The van der Waals surface area contributed by atoms with Crippen LogP contribution in [0.25, 0.3) is 0 Å². The van der Waals surface area contributed by atoms with Crippen molar-refractivity contribution in [3.63, 3.8) is 0 Å². The molecule has 1 saturated heterocycles. The Kier molecular flexibility index (Phi) is 2.64. The molecule has 106 valence electrons. The first kappa shape index (κ1) is 12.4. The maximum absolute atomic E-state index is 6.42. The zero-order valence-corrected chi connectivity index (χ0v) is 11.9. The van der Waals surface area contributed by atoms with Crippen LogP contribution in [-0.4, -0.2) is 18.0 Å². The molecule has 0 unspecified atom stereocenters. The smallest absolute Gasteiger partial charge is 0.207 e. The summed E-state index contributed by atoms with van der Waals surface area (Å²) in [5.41, 5.74) is 0.978. The Morgan fingerprint density at radius 3 is 2.11 bits per heavy atom. The third-order valence-electron chi connectivity index (χ3n) is 5.84. The van der Waals surface area contributed by atoms with Gasteiger partial charge >= 0.3 is 0 Å². The van der Waals surface area contributed by atoms with Crippen LogP contribution in [0.15, 0.2) is 12.2 Å². The van der Waals surface area contributed by atoms with E-state index in [9.17, 15) is 0 Å². The molecular formula is C16H24O3. The minimum atomic E-state index is -0.446. The Bertz CT molecular complexity index is 375. The molecule has 0 N–H and O–H groups in total. The van der Waals surface area contributed by atoms with Crippen molar-refractivity contribution in [3.8, 4) is 0 Å². The predicted molar refractivity (Wildman–Crippen MR) is 71.1 cm³/mol. The summed E-state index contributed by atoms with van der Waals surface area (Å²) in [4.78, 5) is 11.6. The lowest BCUT2D eigenvalue weighted by molar-refractivity contribution is -0.532. The summed E-state index contributed by atoms with van der Waals surface area (Å²) in [5, 5.41) is 0. The molecule has 3 nitrogen and oxygen atoms in total. The Morgan fingerprint density at radius 1 is 1.05 bits per heavy atom. The average Bonchev–Trinajstić information content (AvgIpc) is 2.34. The van der Waals surface area contributed by atoms with Crippen molar-refractivity contribution in [2.45, 2.75) is 63.9 Å². The van der Waals surface area contributed by atoms with Gasteiger partial charge in [0.1, 0.15) is 6.10 Å². The summed E-state index contributed by atoms with van der Waals surface area (Å²) < 4.78 is 6.42. The lowest BCUT2D eigenvalue weighted by Gasteiger charge is -2.61. The highest BCUT2D eigenvalue weighted by Gasteiger charge is 2.62. The zero-order valence-electron chi connectivity index (χ0n) is 11.9. The molecule has 0 aromatic carbocycles. The van der Waals surface area contributed by atoms with Crippen LogP contribution in [0.4, 0.5) is 0 Å². The standard InChI is InChI=1S/C16H24O3/c1-9(2)15-10(3)17-16(19-18-15)13-5-11-4-12(7-13)8-14(16)6-11/h10-15H,1,4-8H2,2-3H3/t10-,11?,12?,13?,14?,15-,16?/m1/s1. The van der Waals surface area contributed by atoms with Crippen molar-refractivity contribution in [2.75, 3.05) is 0 Å². The van der Waals surface area contributed by atoms with Crippen LogP contribution in [0, 0.1) is 23.7 Å². The van der Waals surface area contributed by atoms with Crippen molar-refractivity contribution < 1.29 is 14.5 Å². The van der Waals surface area contributed by atoms with Crippen molar-refractivity contribution in [3.05, 3.63) is 12.2 Å². The van der Waals surface area contributed by atoms with Crippen molar-refractivity contribution >= 4 is 0 Å². The van der Waals surface area contributed by atoms with Crippen LogP contribution < -0.4 is 0 Å². The topological polar surface area (TPSA) is 27.7 Å². The summed E-state index contributed by atoms with van der Waals surface area (Å²) >= 11 is 0. The fourth-order valence-corrected chi connectivity index (χ4v) is 5.23. The SMILES string of the molecule is C=C(C)[C@H]1OOC2(O[C@@H]1C)C1CC3CC(C1)CC2C3. The van der Waals surface area contributed by atoms with Crippen LogP contribution in [-0.2, 0) is 14.5 Å². The Labute approximate surface area is 115 Å². The maximum Gasteiger partial charge on any atom is 0.207 e. The van der Waals surface area contributed by atoms with E-state index in [1.54, 1.807) is 0 Å². The van der Waals surface area contributed by atoms with Gasteiger partial charge in [-0.1, -0.05) is 6.58 Å². The van der Waals surface area contributed by atoms with Gasteiger partial charge in [-0.2, -0.15) is 4.89 Å². The first-order valence-corrected chi connectivity index (χ1v) is 7.76. The molecule has 4 aliphatic carbocycles. The Hall–Kier alpha value is -0.380. The molecule has 4 bridgehead atoms. The molecule has 5 rings (SSSR count). The highest BCUT2D eigenvalue weighted by molar-refractivity contribution is 5.07. The van der Waals surface area contributed by atoms with Gasteiger partial charge in [-0.3, -0.25) is 0 Å². The summed E-state index contributed by atoms with van der Waals surface area (Å²) in [6.07, 6.45) is 6.42.